The summed E-state index contributed by atoms with van der Waals surface area (Å²) < 4.78 is 0. The van der Waals surface area contributed by atoms with Crippen LogP contribution in [0.5, 0.6) is 0 Å². The van der Waals surface area contributed by atoms with E-state index >= 15 is 0 Å². The average molecular weight is 289 g/mol. The van der Waals surface area contributed by atoms with Crippen LogP contribution in [0.25, 0.3) is 0 Å². The smallest absolute Gasteiger partial charge is 0.255 e. The summed E-state index contributed by atoms with van der Waals surface area (Å²) in [5.41, 5.74) is 6.77. The van der Waals surface area contributed by atoms with Crippen molar-refractivity contribution in [2.45, 2.75) is 32.2 Å². The standard InChI is InChI=1S/C13H17ClN2O.ClH/c1-2-7-16(10-4-5-10)13(17)11-6-3-9(15)8-12(11)14;/h3,6,8,10H,2,4-5,7,15H2,1H3;1H. The zero-order chi connectivity index (χ0) is 12.4. The van der Waals surface area contributed by atoms with Crippen LogP contribution in [-0.4, -0.2) is 23.4 Å². The lowest BCUT2D eigenvalue weighted by molar-refractivity contribution is 0.0743. The van der Waals surface area contributed by atoms with Crippen molar-refractivity contribution < 1.29 is 4.79 Å². The van der Waals surface area contributed by atoms with Gasteiger partial charge in [-0.05, 0) is 37.5 Å². The third-order valence-corrected chi connectivity index (χ3v) is 3.25. The molecule has 2 rings (SSSR count). The molecule has 1 amide bonds. The molecular weight excluding hydrogens is 271 g/mol. The van der Waals surface area contributed by atoms with E-state index in [0.29, 0.717) is 22.3 Å². The Morgan fingerprint density at radius 1 is 1.50 bits per heavy atom. The van der Waals surface area contributed by atoms with Crippen molar-refractivity contribution in [3.05, 3.63) is 28.8 Å². The van der Waals surface area contributed by atoms with Gasteiger partial charge in [-0.15, -0.1) is 12.4 Å². The van der Waals surface area contributed by atoms with Gasteiger partial charge in [-0.2, -0.15) is 0 Å². The first-order valence-corrected chi connectivity index (χ1v) is 6.37. The van der Waals surface area contributed by atoms with Crippen molar-refractivity contribution in [1.82, 2.24) is 4.90 Å². The molecule has 1 aliphatic rings. The predicted octanol–water partition coefficient (Wildman–Crippen LogP) is 3.36. The number of halogens is 2. The van der Waals surface area contributed by atoms with Gasteiger partial charge < -0.3 is 10.6 Å². The summed E-state index contributed by atoms with van der Waals surface area (Å²) in [6.45, 7) is 2.87. The number of rotatable bonds is 4. The molecule has 2 N–H and O–H groups in total. The van der Waals surface area contributed by atoms with Crippen LogP contribution in [0.1, 0.15) is 36.5 Å². The Kier molecular flexibility index (Phi) is 5.29. The lowest BCUT2D eigenvalue weighted by Crippen LogP contribution is -2.33. The topological polar surface area (TPSA) is 46.3 Å². The van der Waals surface area contributed by atoms with E-state index in [9.17, 15) is 4.79 Å². The lowest BCUT2D eigenvalue weighted by atomic mass is 10.1. The van der Waals surface area contributed by atoms with Gasteiger partial charge in [-0.3, -0.25) is 4.79 Å². The summed E-state index contributed by atoms with van der Waals surface area (Å²) >= 11 is 6.07. The molecule has 0 radical (unpaired) electrons. The van der Waals surface area contributed by atoms with E-state index in [1.165, 1.54) is 0 Å². The van der Waals surface area contributed by atoms with Crippen molar-refractivity contribution in [3.63, 3.8) is 0 Å². The number of carbonyl (C=O) groups is 1. The fourth-order valence-corrected chi connectivity index (χ4v) is 2.21. The highest BCUT2D eigenvalue weighted by Crippen LogP contribution is 2.30. The second-order valence-corrected chi connectivity index (χ2v) is 4.88. The van der Waals surface area contributed by atoms with Crippen LogP contribution in [-0.2, 0) is 0 Å². The van der Waals surface area contributed by atoms with E-state index in [4.69, 9.17) is 17.3 Å². The van der Waals surface area contributed by atoms with Crippen LogP contribution >= 0.6 is 24.0 Å². The van der Waals surface area contributed by atoms with Crippen LogP contribution in [0.15, 0.2) is 18.2 Å². The molecule has 1 aromatic carbocycles. The first kappa shape index (κ1) is 15.1. The zero-order valence-corrected chi connectivity index (χ0v) is 11.9. The first-order valence-electron chi connectivity index (χ1n) is 5.99. The van der Waals surface area contributed by atoms with Crippen molar-refractivity contribution in [3.8, 4) is 0 Å². The van der Waals surface area contributed by atoms with Crippen LogP contribution < -0.4 is 5.73 Å². The quantitative estimate of drug-likeness (QED) is 0.864. The molecule has 0 heterocycles. The normalized spacial score (nSPS) is 13.9. The highest BCUT2D eigenvalue weighted by molar-refractivity contribution is 6.34. The van der Waals surface area contributed by atoms with Gasteiger partial charge in [0, 0.05) is 18.3 Å². The minimum absolute atomic E-state index is 0. The number of benzene rings is 1. The Morgan fingerprint density at radius 2 is 2.17 bits per heavy atom. The Hall–Kier alpha value is -0.930. The maximum absolute atomic E-state index is 12.3. The maximum atomic E-state index is 12.3. The Balaban J connectivity index is 0.00000162. The molecule has 0 aliphatic heterocycles. The molecule has 1 fully saturated rings. The van der Waals surface area contributed by atoms with Crippen molar-refractivity contribution in [2.24, 2.45) is 0 Å². The van der Waals surface area contributed by atoms with Crippen LogP contribution in [0.3, 0.4) is 0 Å². The first-order chi connectivity index (χ1) is 8.13. The Labute approximate surface area is 119 Å². The third kappa shape index (κ3) is 3.30. The molecule has 0 bridgehead atoms. The fourth-order valence-electron chi connectivity index (χ4n) is 1.94. The molecule has 0 unspecified atom stereocenters. The van der Waals surface area contributed by atoms with Crippen molar-refractivity contribution in [2.75, 3.05) is 12.3 Å². The molecule has 0 saturated heterocycles. The van der Waals surface area contributed by atoms with E-state index in [1.54, 1.807) is 18.2 Å². The predicted molar refractivity (Wildman–Crippen MR) is 77.5 cm³/mol. The van der Waals surface area contributed by atoms with Gasteiger partial charge in [0.25, 0.3) is 5.91 Å². The Morgan fingerprint density at radius 3 is 2.67 bits per heavy atom. The molecule has 1 aromatic rings. The van der Waals surface area contributed by atoms with E-state index in [-0.39, 0.29) is 18.3 Å². The van der Waals surface area contributed by atoms with Gasteiger partial charge in [0.15, 0.2) is 0 Å². The molecular formula is C13H18Cl2N2O. The van der Waals surface area contributed by atoms with Gasteiger partial charge in [0.05, 0.1) is 10.6 Å². The van der Waals surface area contributed by atoms with E-state index < -0.39 is 0 Å². The van der Waals surface area contributed by atoms with Crippen LogP contribution in [0.2, 0.25) is 5.02 Å². The summed E-state index contributed by atoms with van der Waals surface area (Å²) in [6.07, 6.45) is 3.19. The second kappa shape index (κ2) is 6.30. The lowest BCUT2D eigenvalue weighted by Gasteiger charge is -2.22. The largest absolute Gasteiger partial charge is 0.399 e. The summed E-state index contributed by atoms with van der Waals surface area (Å²) in [7, 11) is 0. The second-order valence-electron chi connectivity index (χ2n) is 4.47. The molecule has 0 aromatic heterocycles. The number of carbonyl (C=O) groups excluding carboxylic acids is 1. The van der Waals surface area contributed by atoms with E-state index in [0.717, 1.165) is 25.8 Å². The number of nitrogen functional groups attached to an aromatic ring is 1. The van der Waals surface area contributed by atoms with Gasteiger partial charge >= 0.3 is 0 Å². The van der Waals surface area contributed by atoms with Gasteiger partial charge in [0.2, 0.25) is 0 Å². The monoisotopic (exact) mass is 288 g/mol. The van der Waals surface area contributed by atoms with Crippen molar-refractivity contribution >= 4 is 35.6 Å². The number of anilines is 1. The van der Waals surface area contributed by atoms with E-state index in [2.05, 4.69) is 6.92 Å². The third-order valence-electron chi connectivity index (χ3n) is 2.94. The average Bonchev–Trinajstić information content (AvgIpc) is 3.09. The number of hydrogen-bond acceptors (Lipinski definition) is 2. The molecule has 1 saturated carbocycles. The molecule has 0 spiro atoms. The minimum atomic E-state index is 0. The summed E-state index contributed by atoms with van der Waals surface area (Å²) in [5.74, 6) is 0.0272. The highest BCUT2D eigenvalue weighted by Gasteiger charge is 2.32. The zero-order valence-electron chi connectivity index (χ0n) is 10.4. The summed E-state index contributed by atoms with van der Waals surface area (Å²) in [5, 5.41) is 0.441. The van der Waals surface area contributed by atoms with Gasteiger partial charge in [-0.1, -0.05) is 18.5 Å². The van der Waals surface area contributed by atoms with E-state index in [1.807, 2.05) is 4.90 Å². The molecule has 18 heavy (non-hydrogen) atoms. The van der Waals surface area contributed by atoms with Crippen LogP contribution in [0, 0.1) is 0 Å². The van der Waals surface area contributed by atoms with Gasteiger partial charge in [0.1, 0.15) is 0 Å². The minimum Gasteiger partial charge on any atom is -0.399 e. The molecule has 0 atom stereocenters. The number of nitrogens with two attached hydrogens (primary N) is 1. The number of hydrogen-bond donors (Lipinski definition) is 1. The van der Waals surface area contributed by atoms with Crippen molar-refractivity contribution in [1.29, 1.82) is 0 Å². The Bertz CT molecular complexity index is 433. The molecule has 1 aliphatic carbocycles. The fraction of sp³-hybridized carbons (Fsp3) is 0.462. The SMILES string of the molecule is CCCN(C(=O)c1ccc(N)cc1Cl)C1CC1.Cl. The molecule has 5 heteroatoms. The summed E-state index contributed by atoms with van der Waals surface area (Å²) in [6, 6.07) is 5.48. The highest BCUT2D eigenvalue weighted by atomic mass is 35.5. The van der Waals surface area contributed by atoms with Gasteiger partial charge in [-0.25, -0.2) is 0 Å². The van der Waals surface area contributed by atoms with Crippen LogP contribution in [0.4, 0.5) is 5.69 Å². The molecule has 3 nitrogen and oxygen atoms in total. The number of nitrogens with zero attached hydrogens (tertiary/aromatic N) is 1. The molecule has 100 valence electrons. The number of amides is 1. The maximum Gasteiger partial charge on any atom is 0.255 e. The summed E-state index contributed by atoms with van der Waals surface area (Å²) in [4.78, 5) is 14.3.